The van der Waals surface area contributed by atoms with Gasteiger partial charge in [0.2, 0.25) is 0 Å². The molecule has 13 heavy (non-hydrogen) atoms. The Morgan fingerprint density at radius 3 is 3.00 bits per heavy atom. The van der Waals surface area contributed by atoms with E-state index in [2.05, 4.69) is 4.98 Å². The van der Waals surface area contributed by atoms with Crippen molar-refractivity contribution >= 4 is 11.3 Å². The second kappa shape index (κ2) is 5.32. The monoisotopic (exact) mass is 200 g/mol. The van der Waals surface area contributed by atoms with E-state index in [0.717, 1.165) is 29.3 Å². The maximum absolute atomic E-state index is 5.73. The zero-order valence-corrected chi connectivity index (χ0v) is 8.93. The molecule has 1 atom stereocenters. The summed E-state index contributed by atoms with van der Waals surface area (Å²) >= 11 is 1.70. The third-order valence-corrected chi connectivity index (χ3v) is 3.02. The molecular formula is C9H16N2OS. The first-order valence-corrected chi connectivity index (χ1v) is 5.25. The van der Waals surface area contributed by atoms with Gasteiger partial charge in [-0.3, -0.25) is 0 Å². The summed E-state index contributed by atoms with van der Waals surface area (Å²) in [7, 11) is 1.72. The largest absolute Gasteiger partial charge is 0.385 e. The fourth-order valence-electron chi connectivity index (χ4n) is 1.02. The van der Waals surface area contributed by atoms with E-state index >= 15 is 0 Å². The van der Waals surface area contributed by atoms with E-state index in [1.54, 1.807) is 18.4 Å². The fourth-order valence-corrected chi connectivity index (χ4v) is 1.93. The molecule has 0 fully saturated rings. The van der Waals surface area contributed by atoms with E-state index in [4.69, 9.17) is 10.5 Å². The van der Waals surface area contributed by atoms with Crippen LogP contribution in [0, 0.1) is 0 Å². The van der Waals surface area contributed by atoms with Gasteiger partial charge in [0.15, 0.2) is 0 Å². The highest BCUT2D eigenvalue weighted by Crippen LogP contribution is 2.19. The van der Waals surface area contributed by atoms with Crippen LogP contribution in [0.25, 0.3) is 0 Å². The quantitative estimate of drug-likeness (QED) is 0.736. The molecule has 1 rings (SSSR count). The van der Waals surface area contributed by atoms with E-state index in [0.29, 0.717) is 0 Å². The Bertz CT molecular complexity index is 248. The van der Waals surface area contributed by atoms with E-state index in [1.165, 1.54) is 0 Å². The van der Waals surface area contributed by atoms with Crippen LogP contribution >= 0.6 is 11.3 Å². The molecule has 4 heteroatoms. The van der Waals surface area contributed by atoms with Gasteiger partial charge in [-0.15, -0.1) is 11.3 Å². The van der Waals surface area contributed by atoms with Crippen molar-refractivity contribution < 1.29 is 4.74 Å². The Balaban J connectivity index is 2.40. The molecule has 0 amide bonds. The van der Waals surface area contributed by atoms with Crippen molar-refractivity contribution in [2.24, 2.45) is 5.73 Å². The van der Waals surface area contributed by atoms with Crippen LogP contribution in [0.4, 0.5) is 0 Å². The first kappa shape index (κ1) is 10.6. The molecule has 1 aromatic heterocycles. The van der Waals surface area contributed by atoms with Crippen LogP contribution in [-0.2, 0) is 11.2 Å². The summed E-state index contributed by atoms with van der Waals surface area (Å²) in [6.07, 6.45) is 3.89. The fraction of sp³-hybridized carbons (Fsp3) is 0.667. The maximum atomic E-state index is 5.73. The molecule has 0 bridgehead atoms. The number of hydrogen-bond acceptors (Lipinski definition) is 4. The van der Waals surface area contributed by atoms with Crippen LogP contribution in [0.3, 0.4) is 0 Å². The number of aryl methyl sites for hydroxylation is 1. The Morgan fingerprint density at radius 2 is 2.46 bits per heavy atom. The van der Waals surface area contributed by atoms with Gasteiger partial charge in [0.05, 0.1) is 5.01 Å². The van der Waals surface area contributed by atoms with E-state index in [-0.39, 0.29) is 6.04 Å². The van der Waals surface area contributed by atoms with Gasteiger partial charge in [0.25, 0.3) is 0 Å². The Morgan fingerprint density at radius 1 is 1.69 bits per heavy atom. The van der Waals surface area contributed by atoms with Gasteiger partial charge in [-0.25, -0.2) is 4.98 Å². The minimum atomic E-state index is 0.105. The van der Waals surface area contributed by atoms with Crippen molar-refractivity contribution in [2.45, 2.75) is 25.8 Å². The van der Waals surface area contributed by atoms with Crippen molar-refractivity contribution in [2.75, 3.05) is 13.7 Å². The number of ether oxygens (including phenoxy) is 1. The van der Waals surface area contributed by atoms with Gasteiger partial charge < -0.3 is 10.5 Å². The minimum Gasteiger partial charge on any atom is -0.385 e. The molecule has 2 N–H and O–H groups in total. The number of methoxy groups -OCH3 is 1. The Kier molecular flexibility index (Phi) is 4.35. The first-order valence-electron chi connectivity index (χ1n) is 4.43. The number of nitrogens with zero attached hydrogens (tertiary/aromatic N) is 1. The lowest BCUT2D eigenvalue weighted by molar-refractivity contribution is 0.195. The molecule has 0 spiro atoms. The summed E-state index contributed by atoms with van der Waals surface area (Å²) in [5.74, 6) is 0. The molecular weight excluding hydrogens is 184 g/mol. The molecule has 0 saturated carbocycles. The highest BCUT2D eigenvalue weighted by molar-refractivity contribution is 7.11. The van der Waals surface area contributed by atoms with Gasteiger partial charge in [0, 0.05) is 37.3 Å². The summed E-state index contributed by atoms with van der Waals surface area (Å²) in [4.78, 5) is 5.45. The van der Waals surface area contributed by atoms with Gasteiger partial charge in [0.1, 0.15) is 0 Å². The molecule has 1 unspecified atom stereocenters. The van der Waals surface area contributed by atoms with Gasteiger partial charge in [-0.2, -0.15) is 0 Å². The summed E-state index contributed by atoms with van der Waals surface area (Å²) < 4.78 is 4.97. The number of aromatic nitrogens is 1. The van der Waals surface area contributed by atoms with Crippen molar-refractivity contribution in [3.8, 4) is 0 Å². The molecule has 0 aromatic carbocycles. The lowest BCUT2D eigenvalue weighted by Gasteiger charge is -1.97. The standard InChI is InChI=1S/C9H16N2OS/c1-7(10)8-6-11-9(13-8)4-3-5-12-2/h6-7H,3-5,10H2,1-2H3. The molecule has 3 nitrogen and oxygen atoms in total. The van der Waals surface area contributed by atoms with E-state index in [9.17, 15) is 0 Å². The average molecular weight is 200 g/mol. The molecule has 1 aromatic rings. The van der Waals surface area contributed by atoms with Crippen molar-refractivity contribution in [3.05, 3.63) is 16.1 Å². The highest BCUT2D eigenvalue weighted by atomic mass is 32.1. The van der Waals surface area contributed by atoms with Crippen LogP contribution in [0.15, 0.2) is 6.20 Å². The van der Waals surface area contributed by atoms with E-state index < -0.39 is 0 Å². The highest BCUT2D eigenvalue weighted by Gasteiger charge is 2.04. The van der Waals surface area contributed by atoms with Crippen molar-refractivity contribution in [1.82, 2.24) is 4.98 Å². The van der Waals surface area contributed by atoms with Crippen LogP contribution < -0.4 is 5.73 Å². The third kappa shape index (κ3) is 3.42. The average Bonchev–Trinajstić information content (AvgIpc) is 2.53. The maximum Gasteiger partial charge on any atom is 0.0929 e. The molecule has 0 aliphatic carbocycles. The summed E-state index contributed by atoms with van der Waals surface area (Å²) in [5.41, 5.74) is 5.73. The summed E-state index contributed by atoms with van der Waals surface area (Å²) in [6.45, 7) is 2.78. The lowest BCUT2D eigenvalue weighted by atomic mass is 10.3. The molecule has 0 aliphatic heterocycles. The number of hydrogen-bond donors (Lipinski definition) is 1. The zero-order chi connectivity index (χ0) is 9.68. The molecule has 1 heterocycles. The van der Waals surface area contributed by atoms with Crippen molar-refractivity contribution in [1.29, 1.82) is 0 Å². The predicted molar refractivity (Wildman–Crippen MR) is 54.9 cm³/mol. The first-order chi connectivity index (χ1) is 6.24. The lowest BCUT2D eigenvalue weighted by Crippen LogP contribution is -2.01. The number of rotatable bonds is 5. The number of thiazole rings is 1. The van der Waals surface area contributed by atoms with E-state index in [1.807, 2.05) is 13.1 Å². The van der Waals surface area contributed by atoms with Gasteiger partial charge >= 0.3 is 0 Å². The minimum absolute atomic E-state index is 0.105. The van der Waals surface area contributed by atoms with Crippen LogP contribution in [0.5, 0.6) is 0 Å². The SMILES string of the molecule is COCCCc1ncc(C(C)N)s1. The molecule has 0 aliphatic rings. The smallest absolute Gasteiger partial charge is 0.0929 e. The van der Waals surface area contributed by atoms with Crippen LogP contribution in [-0.4, -0.2) is 18.7 Å². The second-order valence-electron chi connectivity index (χ2n) is 3.04. The zero-order valence-electron chi connectivity index (χ0n) is 8.12. The Labute approximate surface area is 82.9 Å². The topological polar surface area (TPSA) is 48.1 Å². The Hall–Kier alpha value is -0.450. The summed E-state index contributed by atoms with van der Waals surface area (Å²) in [5, 5.41) is 1.16. The second-order valence-corrected chi connectivity index (χ2v) is 4.19. The molecule has 74 valence electrons. The molecule has 0 saturated heterocycles. The normalized spacial score (nSPS) is 13.2. The van der Waals surface area contributed by atoms with Crippen LogP contribution in [0.1, 0.15) is 29.3 Å². The molecule has 0 radical (unpaired) electrons. The number of nitrogens with two attached hydrogens (primary N) is 1. The third-order valence-electron chi connectivity index (χ3n) is 1.76. The van der Waals surface area contributed by atoms with Gasteiger partial charge in [-0.05, 0) is 13.3 Å². The summed E-state index contributed by atoms with van der Waals surface area (Å²) in [6, 6.07) is 0.105. The van der Waals surface area contributed by atoms with Crippen molar-refractivity contribution in [3.63, 3.8) is 0 Å². The van der Waals surface area contributed by atoms with Gasteiger partial charge in [-0.1, -0.05) is 0 Å². The predicted octanol–water partition coefficient (Wildman–Crippen LogP) is 1.74. The van der Waals surface area contributed by atoms with Crippen LogP contribution in [0.2, 0.25) is 0 Å².